The number of imide groups is 1. The molecule has 1 fully saturated rings. The highest BCUT2D eigenvalue weighted by Gasteiger charge is 2.44. The van der Waals surface area contributed by atoms with Gasteiger partial charge in [0.1, 0.15) is 29.5 Å². The molecule has 2 heterocycles. The van der Waals surface area contributed by atoms with Gasteiger partial charge in [-0.25, -0.2) is 11.2 Å². The van der Waals surface area contributed by atoms with Crippen LogP contribution in [0.15, 0.2) is 103 Å². The van der Waals surface area contributed by atoms with Crippen LogP contribution in [0, 0.1) is 6.57 Å². The molecule has 4 aromatic carbocycles. The van der Waals surface area contributed by atoms with Gasteiger partial charge in [0.25, 0.3) is 20.3 Å². The highest BCUT2D eigenvalue weighted by Crippen LogP contribution is 2.49. The number of nitrogens with zero attached hydrogens (tertiary/aromatic N) is 4. The highest BCUT2D eigenvalue weighted by molar-refractivity contribution is 7.44. The van der Waals surface area contributed by atoms with Crippen LogP contribution in [0.5, 0.6) is 11.5 Å². The Labute approximate surface area is 421 Å². The molecule has 4 aromatic rings. The predicted molar refractivity (Wildman–Crippen MR) is 274 cm³/mol. The number of carbonyl (C=O) groups excluding carboxylic acids is 4. The SMILES string of the molecule is [C-]#[N+]CCOP(O[C@@H]1C[C@@H](COC(c2ccccc2)(c2ccc(OC)cc2)c2ccc(OC)cc2)N(C(=O)CCCCCCC(=O)CCCCCON2C(=O)c3ccccc3C2=O)C1)N(C(C)C)C(C)C. The number of methoxy groups -OCH3 is 2. The number of hydrogen-bond acceptors (Lipinski definition) is 11. The number of ketones is 1. The molecule has 3 amide bonds. The van der Waals surface area contributed by atoms with Crippen molar-refractivity contribution in [2.45, 2.75) is 128 Å². The van der Waals surface area contributed by atoms with Crippen LogP contribution in [-0.4, -0.2) is 109 Å². The number of amides is 3. The van der Waals surface area contributed by atoms with Gasteiger partial charge < -0.3 is 33.0 Å². The fraction of sp³-hybridized carbons (Fsp3) is 0.482. The van der Waals surface area contributed by atoms with E-state index in [2.05, 4.69) is 49.3 Å². The predicted octanol–water partition coefficient (Wildman–Crippen LogP) is 11.0. The summed E-state index contributed by atoms with van der Waals surface area (Å²) in [5.74, 6) is 0.771. The number of benzene rings is 4. The van der Waals surface area contributed by atoms with E-state index in [0.29, 0.717) is 62.6 Å². The summed E-state index contributed by atoms with van der Waals surface area (Å²) >= 11 is 0. The number of unbranched alkanes of at least 4 members (excludes halogenated alkanes) is 5. The maximum atomic E-state index is 14.4. The first-order valence-corrected chi connectivity index (χ1v) is 26.2. The summed E-state index contributed by atoms with van der Waals surface area (Å²) in [5.41, 5.74) is 2.33. The summed E-state index contributed by atoms with van der Waals surface area (Å²) in [7, 11) is 1.74. The van der Waals surface area contributed by atoms with Crippen molar-refractivity contribution in [2.24, 2.45) is 0 Å². The zero-order valence-corrected chi connectivity index (χ0v) is 43.2. The van der Waals surface area contributed by atoms with Gasteiger partial charge in [-0.1, -0.05) is 86.0 Å². The van der Waals surface area contributed by atoms with Gasteiger partial charge in [-0.2, -0.15) is 0 Å². The maximum Gasteiger partial charge on any atom is 0.285 e. The van der Waals surface area contributed by atoms with Gasteiger partial charge >= 0.3 is 0 Å². The van der Waals surface area contributed by atoms with Crippen LogP contribution in [0.2, 0.25) is 0 Å². The van der Waals surface area contributed by atoms with Crippen LogP contribution in [0.25, 0.3) is 4.85 Å². The topological polar surface area (TPSA) is 138 Å². The Balaban J connectivity index is 1.08. The summed E-state index contributed by atoms with van der Waals surface area (Å²) in [6.45, 7) is 17.1. The van der Waals surface area contributed by atoms with Crippen molar-refractivity contribution in [2.75, 3.05) is 47.1 Å². The number of Topliss-reactive ketones (excluding diaryl/α,β-unsaturated/α-hetero) is 1. The number of carbonyl (C=O) groups is 4. The molecule has 0 bridgehead atoms. The van der Waals surface area contributed by atoms with Crippen LogP contribution < -0.4 is 9.47 Å². The lowest BCUT2D eigenvalue weighted by Gasteiger charge is -2.38. The molecule has 2 aliphatic rings. The lowest BCUT2D eigenvalue weighted by atomic mass is 9.80. The molecule has 0 spiro atoms. The van der Waals surface area contributed by atoms with E-state index in [1.54, 1.807) is 38.5 Å². The summed E-state index contributed by atoms with van der Waals surface area (Å²) in [5, 5.41) is 0.834. The summed E-state index contributed by atoms with van der Waals surface area (Å²) in [6, 6.07) is 32.5. The Morgan fingerprint density at radius 1 is 0.704 bits per heavy atom. The average molecular weight is 991 g/mol. The molecule has 0 aromatic heterocycles. The van der Waals surface area contributed by atoms with E-state index in [0.717, 1.165) is 58.9 Å². The molecule has 3 atom stereocenters. The first-order valence-electron chi connectivity index (χ1n) is 25.0. The lowest BCUT2D eigenvalue weighted by molar-refractivity contribution is -0.134. The van der Waals surface area contributed by atoms with E-state index in [9.17, 15) is 19.2 Å². The van der Waals surface area contributed by atoms with E-state index < -0.39 is 25.9 Å². The fourth-order valence-corrected chi connectivity index (χ4v) is 11.1. The van der Waals surface area contributed by atoms with E-state index in [4.69, 9.17) is 34.7 Å². The standard InChI is InChI=1S/C56H71N4O10P/c1-41(2)60(42(3)4)71(69-37-35-57-5)70-50-38-46(40-67-56(43-20-12-10-13-21-43,44-27-31-48(65-6)32-28-44)45-29-33-49(66-7)34-30-45)58(39-50)53(62)26-16-9-8-14-22-47(61)23-15-11-19-36-68-59-54(63)51-24-17-18-25-52(51)55(59)64/h10,12-13,17-18,20-21,24-25,27-34,41-42,46,50H,8-9,11,14-16,19,22-23,26,35-40H2,1-4,6-7H3/t46-,50+,71?/m0/s1. The van der Waals surface area contributed by atoms with Crippen molar-refractivity contribution in [3.05, 3.63) is 142 Å². The molecule has 6 rings (SSSR count). The molecule has 380 valence electrons. The van der Waals surface area contributed by atoms with Gasteiger partial charge in [-0.05, 0) is 113 Å². The van der Waals surface area contributed by atoms with Crippen LogP contribution >= 0.6 is 8.53 Å². The minimum absolute atomic E-state index is 0.0230. The number of hydroxylamine groups is 2. The van der Waals surface area contributed by atoms with Crippen LogP contribution in [0.4, 0.5) is 0 Å². The molecular formula is C56H71N4O10P. The highest BCUT2D eigenvalue weighted by atomic mass is 31.2. The van der Waals surface area contributed by atoms with E-state index in [1.807, 2.05) is 71.6 Å². The smallest absolute Gasteiger partial charge is 0.285 e. The van der Waals surface area contributed by atoms with E-state index in [1.165, 1.54) is 0 Å². The number of fused-ring (bicyclic) bond motifs is 1. The normalized spacial score (nSPS) is 16.2. The number of ether oxygens (including phenoxy) is 3. The third kappa shape index (κ3) is 14.3. The Morgan fingerprint density at radius 3 is 1.76 bits per heavy atom. The first kappa shape index (κ1) is 54.8. The Morgan fingerprint density at radius 2 is 1.23 bits per heavy atom. The summed E-state index contributed by atoms with van der Waals surface area (Å²) in [4.78, 5) is 63.2. The molecular weight excluding hydrogens is 920 g/mol. The molecule has 0 aliphatic carbocycles. The van der Waals surface area contributed by atoms with Gasteiger partial charge in [0.05, 0.1) is 50.7 Å². The molecule has 1 saturated heterocycles. The first-order chi connectivity index (χ1) is 34.4. The Hall–Kier alpha value is -5.52. The van der Waals surface area contributed by atoms with E-state index in [-0.39, 0.29) is 62.3 Å². The van der Waals surface area contributed by atoms with Crippen LogP contribution in [0.1, 0.15) is 136 Å². The fourth-order valence-electron chi connectivity index (χ4n) is 9.39. The molecule has 14 nitrogen and oxygen atoms in total. The average Bonchev–Trinajstić information content (AvgIpc) is 3.90. The Kier molecular flexibility index (Phi) is 21.1. The van der Waals surface area contributed by atoms with Crippen LogP contribution in [0.3, 0.4) is 0 Å². The molecule has 0 radical (unpaired) electrons. The largest absolute Gasteiger partial charge is 0.497 e. The van der Waals surface area contributed by atoms with Gasteiger partial charge in [0, 0.05) is 37.9 Å². The van der Waals surface area contributed by atoms with Crippen molar-refractivity contribution < 1.29 is 47.3 Å². The van der Waals surface area contributed by atoms with Crippen molar-refractivity contribution in [3.8, 4) is 11.5 Å². The van der Waals surface area contributed by atoms with Crippen molar-refractivity contribution in [1.29, 1.82) is 0 Å². The minimum atomic E-state index is -1.55. The van der Waals surface area contributed by atoms with Crippen molar-refractivity contribution in [1.82, 2.24) is 14.6 Å². The molecule has 1 unspecified atom stereocenters. The quantitative estimate of drug-likeness (QED) is 0.0162. The summed E-state index contributed by atoms with van der Waals surface area (Å²) in [6.07, 6.45) is 6.65. The minimum Gasteiger partial charge on any atom is -0.497 e. The summed E-state index contributed by atoms with van der Waals surface area (Å²) < 4.78 is 33.9. The van der Waals surface area contributed by atoms with E-state index >= 15 is 0 Å². The number of likely N-dealkylation sites (tertiary alicyclic amines) is 1. The maximum absolute atomic E-state index is 14.4. The third-order valence-corrected chi connectivity index (χ3v) is 15.1. The van der Waals surface area contributed by atoms with Gasteiger partial charge in [-0.15, -0.1) is 5.06 Å². The van der Waals surface area contributed by atoms with Gasteiger partial charge in [0.2, 0.25) is 12.5 Å². The second-order valence-corrected chi connectivity index (χ2v) is 20.0. The Bertz CT molecular complexity index is 2290. The second-order valence-electron chi connectivity index (χ2n) is 18.5. The van der Waals surface area contributed by atoms with Gasteiger partial charge in [0.15, 0.2) is 0 Å². The molecule has 71 heavy (non-hydrogen) atoms. The van der Waals surface area contributed by atoms with Crippen LogP contribution in [-0.2, 0) is 33.8 Å². The molecule has 0 saturated carbocycles. The van der Waals surface area contributed by atoms with Crippen molar-refractivity contribution >= 4 is 32.0 Å². The number of hydrogen-bond donors (Lipinski definition) is 0. The number of rotatable bonds is 30. The lowest BCUT2D eigenvalue weighted by Crippen LogP contribution is -2.42. The second kappa shape index (κ2) is 27.3. The monoisotopic (exact) mass is 990 g/mol. The zero-order valence-electron chi connectivity index (χ0n) is 42.3. The molecule has 15 heteroatoms. The zero-order chi connectivity index (χ0) is 50.8. The molecule has 0 N–H and O–H groups in total. The van der Waals surface area contributed by atoms with Gasteiger partial charge in [-0.3, -0.25) is 24.0 Å². The van der Waals surface area contributed by atoms with Crippen molar-refractivity contribution in [3.63, 3.8) is 0 Å². The molecule has 2 aliphatic heterocycles. The third-order valence-electron chi connectivity index (χ3n) is 12.9.